The number of nitro benzene ring substituents is 1. The fourth-order valence-electron chi connectivity index (χ4n) is 1.76. The van der Waals surface area contributed by atoms with Gasteiger partial charge in [-0.15, -0.1) is 0 Å². The zero-order chi connectivity index (χ0) is 14.7. The second-order valence-electron chi connectivity index (χ2n) is 4.03. The highest BCUT2D eigenvalue weighted by molar-refractivity contribution is 5.87. The monoisotopic (exact) mass is 287 g/mol. The molecule has 106 valence electrons. The summed E-state index contributed by atoms with van der Waals surface area (Å²) in [6.07, 6.45) is 4.18. The Labute approximate surface area is 118 Å². The molecule has 21 heavy (non-hydrogen) atoms. The fraction of sp³-hybridized carbons (Fsp3) is 0.0769. The van der Waals surface area contributed by atoms with E-state index in [4.69, 9.17) is 13.9 Å². The van der Waals surface area contributed by atoms with E-state index in [1.165, 1.54) is 30.8 Å². The van der Waals surface area contributed by atoms with E-state index in [1.807, 2.05) is 0 Å². The number of hydrogen-bond acceptors (Lipinski definition) is 7. The second-order valence-corrected chi connectivity index (χ2v) is 4.03. The Morgan fingerprint density at radius 1 is 1.19 bits per heavy atom. The molecule has 0 N–H and O–H groups in total. The lowest BCUT2D eigenvalue weighted by Gasteiger charge is -1.99. The molecule has 0 bridgehead atoms. The van der Waals surface area contributed by atoms with E-state index in [0.717, 1.165) is 0 Å². The number of rotatable bonds is 4. The van der Waals surface area contributed by atoms with Crippen LogP contribution in [-0.4, -0.2) is 24.1 Å². The SMILES string of the molecule is O=[N+]([O-])c1cc2c(cc1/C=N\N=C\c1ccco1)OCO2. The van der Waals surface area contributed by atoms with E-state index in [9.17, 15) is 10.1 Å². The van der Waals surface area contributed by atoms with Crippen molar-refractivity contribution in [2.75, 3.05) is 6.79 Å². The Morgan fingerprint density at radius 2 is 1.95 bits per heavy atom. The van der Waals surface area contributed by atoms with Crippen molar-refractivity contribution in [3.63, 3.8) is 0 Å². The largest absolute Gasteiger partial charge is 0.463 e. The minimum Gasteiger partial charge on any atom is -0.463 e. The molecule has 1 aliphatic heterocycles. The summed E-state index contributed by atoms with van der Waals surface area (Å²) in [6, 6.07) is 6.22. The molecule has 0 radical (unpaired) electrons. The van der Waals surface area contributed by atoms with Crippen LogP contribution in [-0.2, 0) is 0 Å². The first kappa shape index (κ1) is 12.9. The maximum atomic E-state index is 11.0. The Kier molecular flexibility index (Phi) is 3.34. The van der Waals surface area contributed by atoms with Gasteiger partial charge in [-0.3, -0.25) is 10.1 Å². The minimum atomic E-state index is -0.514. The van der Waals surface area contributed by atoms with Crippen molar-refractivity contribution in [3.05, 3.63) is 52.0 Å². The van der Waals surface area contributed by atoms with E-state index in [-0.39, 0.29) is 18.0 Å². The topological polar surface area (TPSA) is 99.5 Å². The third-order valence-electron chi connectivity index (χ3n) is 2.71. The van der Waals surface area contributed by atoms with Gasteiger partial charge in [0, 0.05) is 0 Å². The molecule has 2 aromatic rings. The standard InChI is InChI=1S/C13H9N3O5/c17-16(18)11-5-13-12(20-8-21-13)4-9(11)6-14-15-7-10-2-1-3-19-10/h1-7H,8H2/b14-6-,15-7+. The maximum absolute atomic E-state index is 11.0. The Hall–Kier alpha value is -3.16. The lowest BCUT2D eigenvalue weighted by Crippen LogP contribution is -1.94. The maximum Gasteiger partial charge on any atom is 0.282 e. The third kappa shape index (κ3) is 2.73. The van der Waals surface area contributed by atoms with Crippen LogP contribution in [0.4, 0.5) is 5.69 Å². The van der Waals surface area contributed by atoms with Gasteiger partial charge in [0.1, 0.15) is 5.76 Å². The van der Waals surface area contributed by atoms with Crippen molar-refractivity contribution in [3.8, 4) is 11.5 Å². The van der Waals surface area contributed by atoms with Crippen LogP contribution < -0.4 is 9.47 Å². The number of ether oxygens (including phenoxy) is 2. The summed E-state index contributed by atoms with van der Waals surface area (Å²) >= 11 is 0. The number of benzene rings is 1. The lowest BCUT2D eigenvalue weighted by molar-refractivity contribution is -0.385. The van der Waals surface area contributed by atoms with Crippen molar-refractivity contribution in [1.82, 2.24) is 0 Å². The molecule has 8 heteroatoms. The van der Waals surface area contributed by atoms with Crippen molar-refractivity contribution >= 4 is 18.1 Å². The van der Waals surface area contributed by atoms with Gasteiger partial charge in [-0.05, 0) is 18.2 Å². The summed E-state index contributed by atoms with van der Waals surface area (Å²) in [5, 5.41) is 18.6. The Bertz CT molecular complexity index is 722. The van der Waals surface area contributed by atoms with Crippen LogP contribution in [0.25, 0.3) is 0 Å². The van der Waals surface area contributed by atoms with Gasteiger partial charge in [0.05, 0.1) is 35.2 Å². The van der Waals surface area contributed by atoms with Crippen LogP contribution in [0.2, 0.25) is 0 Å². The van der Waals surface area contributed by atoms with Crippen molar-refractivity contribution in [2.45, 2.75) is 0 Å². The summed E-state index contributed by atoms with van der Waals surface area (Å²) in [5.74, 6) is 1.32. The molecule has 0 saturated heterocycles. The van der Waals surface area contributed by atoms with Crippen LogP contribution in [0.15, 0.2) is 45.1 Å². The average molecular weight is 287 g/mol. The van der Waals surface area contributed by atoms with Crippen LogP contribution in [0.3, 0.4) is 0 Å². The number of fused-ring (bicyclic) bond motifs is 1. The molecular weight excluding hydrogens is 278 g/mol. The van der Waals surface area contributed by atoms with Crippen molar-refractivity contribution in [1.29, 1.82) is 0 Å². The lowest BCUT2D eigenvalue weighted by atomic mass is 10.1. The summed E-state index contributed by atoms with van der Waals surface area (Å²) in [7, 11) is 0. The Morgan fingerprint density at radius 3 is 2.67 bits per heavy atom. The van der Waals surface area contributed by atoms with E-state index in [1.54, 1.807) is 12.1 Å². The Balaban J connectivity index is 1.85. The van der Waals surface area contributed by atoms with Crippen LogP contribution in [0.1, 0.15) is 11.3 Å². The second kappa shape index (κ2) is 5.45. The number of hydrogen-bond donors (Lipinski definition) is 0. The summed E-state index contributed by atoms with van der Waals surface area (Å²) in [4.78, 5) is 10.5. The summed E-state index contributed by atoms with van der Waals surface area (Å²) in [6.45, 7) is 0.0454. The highest BCUT2D eigenvalue weighted by atomic mass is 16.7. The summed E-state index contributed by atoms with van der Waals surface area (Å²) < 4.78 is 15.3. The molecule has 0 fully saturated rings. The highest BCUT2D eigenvalue weighted by Gasteiger charge is 2.22. The smallest absolute Gasteiger partial charge is 0.282 e. The number of furan rings is 1. The molecule has 0 spiro atoms. The normalized spacial score (nSPS) is 13.3. The predicted octanol–water partition coefficient (Wildman–Crippen LogP) is 2.37. The molecule has 8 nitrogen and oxygen atoms in total. The van der Waals surface area contributed by atoms with Gasteiger partial charge in [0.15, 0.2) is 11.5 Å². The molecule has 1 aliphatic rings. The minimum absolute atomic E-state index is 0.0454. The van der Waals surface area contributed by atoms with Gasteiger partial charge in [-0.25, -0.2) is 0 Å². The van der Waals surface area contributed by atoms with Gasteiger partial charge in [-0.1, -0.05) is 0 Å². The van der Waals surface area contributed by atoms with E-state index in [0.29, 0.717) is 17.3 Å². The van der Waals surface area contributed by atoms with E-state index < -0.39 is 4.92 Å². The zero-order valence-electron chi connectivity index (χ0n) is 10.6. The molecule has 0 amide bonds. The molecule has 0 atom stereocenters. The molecule has 0 aliphatic carbocycles. The first-order valence-electron chi connectivity index (χ1n) is 5.92. The molecule has 0 unspecified atom stereocenters. The van der Waals surface area contributed by atoms with Gasteiger partial charge in [0.25, 0.3) is 5.69 Å². The predicted molar refractivity (Wildman–Crippen MR) is 73.1 cm³/mol. The van der Waals surface area contributed by atoms with Crippen LogP contribution in [0.5, 0.6) is 11.5 Å². The van der Waals surface area contributed by atoms with Crippen molar-refractivity contribution in [2.24, 2.45) is 10.2 Å². The molecule has 2 heterocycles. The van der Waals surface area contributed by atoms with Gasteiger partial charge in [-0.2, -0.15) is 10.2 Å². The van der Waals surface area contributed by atoms with Crippen LogP contribution >= 0.6 is 0 Å². The summed E-state index contributed by atoms with van der Waals surface area (Å²) in [5.41, 5.74) is 0.150. The average Bonchev–Trinajstić information content (AvgIpc) is 3.13. The molecular formula is C13H9N3O5. The first-order chi connectivity index (χ1) is 10.2. The van der Waals surface area contributed by atoms with E-state index in [2.05, 4.69) is 10.2 Å². The quantitative estimate of drug-likeness (QED) is 0.488. The van der Waals surface area contributed by atoms with E-state index >= 15 is 0 Å². The molecule has 3 rings (SSSR count). The third-order valence-corrected chi connectivity index (χ3v) is 2.71. The first-order valence-corrected chi connectivity index (χ1v) is 5.92. The molecule has 1 aromatic heterocycles. The van der Waals surface area contributed by atoms with Gasteiger partial charge < -0.3 is 13.9 Å². The van der Waals surface area contributed by atoms with Crippen molar-refractivity contribution < 1.29 is 18.8 Å². The zero-order valence-corrected chi connectivity index (χ0v) is 10.6. The highest BCUT2D eigenvalue weighted by Crippen LogP contribution is 2.37. The number of nitro groups is 1. The van der Waals surface area contributed by atoms with Gasteiger partial charge >= 0.3 is 0 Å². The van der Waals surface area contributed by atoms with Gasteiger partial charge in [0.2, 0.25) is 6.79 Å². The fourth-order valence-corrected chi connectivity index (χ4v) is 1.76. The number of nitrogens with zero attached hydrogens (tertiary/aromatic N) is 3. The van der Waals surface area contributed by atoms with Crippen LogP contribution in [0, 0.1) is 10.1 Å². The molecule has 0 saturated carbocycles. The molecule has 1 aromatic carbocycles.